The van der Waals surface area contributed by atoms with Crippen molar-refractivity contribution in [3.8, 4) is 0 Å². The van der Waals surface area contributed by atoms with Crippen LogP contribution in [0.25, 0.3) is 0 Å². The molecule has 1 aromatic heterocycles. The molecule has 21 heavy (non-hydrogen) atoms. The summed E-state index contributed by atoms with van der Waals surface area (Å²) >= 11 is 1.87. The molecule has 5 heteroatoms. The molecule has 0 saturated carbocycles. The summed E-state index contributed by atoms with van der Waals surface area (Å²) in [7, 11) is 3.50. The molecule has 120 valence electrons. The number of thiophene rings is 1. The van der Waals surface area contributed by atoms with Crippen LogP contribution in [0.3, 0.4) is 0 Å². The molecule has 1 aliphatic rings. The summed E-state index contributed by atoms with van der Waals surface area (Å²) in [4.78, 5) is 5.14. The number of nitrogens with zero attached hydrogens (tertiary/aromatic N) is 1. The molecule has 0 aliphatic carbocycles. The summed E-state index contributed by atoms with van der Waals surface area (Å²) in [5.41, 5.74) is 6.25. The Labute approximate surface area is 132 Å². The minimum atomic E-state index is 0.131. The van der Waals surface area contributed by atoms with Gasteiger partial charge in [-0.2, -0.15) is 0 Å². The quantitative estimate of drug-likeness (QED) is 0.907. The summed E-state index contributed by atoms with van der Waals surface area (Å²) in [6.07, 6.45) is 0.261. The highest BCUT2D eigenvalue weighted by atomic mass is 32.1. The van der Waals surface area contributed by atoms with Gasteiger partial charge in [0.05, 0.1) is 18.2 Å². The molecule has 2 rings (SSSR count). The van der Waals surface area contributed by atoms with E-state index < -0.39 is 0 Å². The van der Waals surface area contributed by atoms with E-state index in [1.165, 1.54) is 9.75 Å². The zero-order valence-electron chi connectivity index (χ0n) is 13.8. The van der Waals surface area contributed by atoms with Crippen molar-refractivity contribution in [2.45, 2.75) is 44.4 Å². The minimum Gasteiger partial charge on any atom is -0.377 e. The van der Waals surface area contributed by atoms with Crippen LogP contribution in [0.15, 0.2) is 12.1 Å². The number of hydrogen-bond donors (Lipinski definition) is 1. The highest BCUT2D eigenvalue weighted by Gasteiger charge is 2.37. The van der Waals surface area contributed by atoms with Crippen molar-refractivity contribution >= 4 is 11.3 Å². The normalized spacial score (nSPS) is 25.4. The number of hydrogen-bond acceptors (Lipinski definition) is 5. The van der Waals surface area contributed by atoms with E-state index in [-0.39, 0.29) is 23.7 Å². The first-order valence-corrected chi connectivity index (χ1v) is 8.32. The zero-order valence-corrected chi connectivity index (χ0v) is 14.6. The van der Waals surface area contributed by atoms with Crippen LogP contribution >= 0.6 is 11.3 Å². The molecular formula is C16H28N2O2S. The van der Waals surface area contributed by atoms with Gasteiger partial charge in [-0.05, 0) is 17.5 Å². The van der Waals surface area contributed by atoms with E-state index in [1.54, 1.807) is 14.2 Å². The topological polar surface area (TPSA) is 47.7 Å². The third-order valence-corrected chi connectivity index (χ3v) is 5.82. The summed E-state index contributed by atoms with van der Waals surface area (Å²) in [5.74, 6) is 0. The molecule has 0 bridgehead atoms. The fourth-order valence-corrected chi connectivity index (χ4v) is 4.07. The Hall–Kier alpha value is -0.460. The Balaban J connectivity index is 2.15. The Morgan fingerprint density at radius 1 is 1.24 bits per heavy atom. The molecule has 0 amide bonds. The van der Waals surface area contributed by atoms with E-state index in [9.17, 15) is 0 Å². The molecule has 3 unspecified atom stereocenters. The second kappa shape index (κ2) is 6.75. The fourth-order valence-electron chi connectivity index (χ4n) is 2.86. The van der Waals surface area contributed by atoms with Crippen molar-refractivity contribution in [3.63, 3.8) is 0 Å². The summed E-state index contributed by atoms with van der Waals surface area (Å²) in [6, 6.07) is 4.72. The van der Waals surface area contributed by atoms with Gasteiger partial charge in [0.2, 0.25) is 0 Å². The van der Waals surface area contributed by atoms with E-state index in [0.717, 1.165) is 13.1 Å². The highest BCUT2D eigenvalue weighted by Crippen LogP contribution is 2.35. The van der Waals surface area contributed by atoms with Gasteiger partial charge in [0.25, 0.3) is 0 Å². The Kier molecular flexibility index (Phi) is 5.43. The van der Waals surface area contributed by atoms with E-state index in [0.29, 0.717) is 6.54 Å². The largest absolute Gasteiger partial charge is 0.377 e. The first-order valence-electron chi connectivity index (χ1n) is 7.50. The number of likely N-dealkylation sites (tertiary alicyclic amines) is 1. The summed E-state index contributed by atoms with van der Waals surface area (Å²) in [5, 5.41) is 0. The Morgan fingerprint density at radius 2 is 1.81 bits per heavy atom. The second-order valence-corrected chi connectivity index (χ2v) is 7.82. The SMILES string of the molecule is COC1CN(C(CN)c2ccc(C(C)(C)C)s2)CC1OC. The van der Waals surface area contributed by atoms with Gasteiger partial charge in [0.1, 0.15) is 0 Å². The maximum absolute atomic E-state index is 6.06. The minimum absolute atomic E-state index is 0.131. The van der Waals surface area contributed by atoms with E-state index in [4.69, 9.17) is 15.2 Å². The first-order chi connectivity index (χ1) is 9.90. The lowest BCUT2D eigenvalue weighted by Gasteiger charge is -2.25. The Bertz CT molecular complexity index is 443. The summed E-state index contributed by atoms with van der Waals surface area (Å²) < 4.78 is 11.1. The maximum Gasteiger partial charge on any atom is 0.0972 e. The molecule has 1 fully saturated rings. The van der Waals surface area contributed by atoms with E-state index in [2.05, 4.69) is 37.8 Å². The van der Waals surface area contributed by atoms with Crippen LogP contribution in [0, 0.1) is 0 Å². The molecule has 2 heterocycles. The average molecular weight is 312 g/mol. The fraction of sp³-hybridized carbons (Fsp3) is 0.750. The van der Waals surface area contributed by atoms with Gasteiger partial charge in [0.15, 0.2) is 0 Å². The van der Waals surface area contributed by atoms with Gasteiger partial charge in [-0.3, -0.25) is 4.90 Å². The number of nitrogens with two attached hydrogens (primary N) is 1. The van der Waals surface area contributed by atoms with Crippen molar-refractivity contribution in [2.24, 2.45) is 5.73 Å². The van der Waals surface area contributed by atoms with Gasteiger partial charge in [-0.25, -0.2) is 0 Å². The number of methoxy groups -OCH3 is 2. The van der Waals surface area contributed by atoms with Crippen LogP contribution in [-0.2, 0) is 14.9 Å². The maximum atomic E-state index is 6.06. The van der Waals surface area contributed by atoms with Crippen LogP contribution in [0.5, 0.6) is 0 Å². The van der Waals surface area contributed by atoms with Crippen LogP contribution < -0.4 is 5.73 Å². The second-order valence-electron chi connectivity index (χ2n) is 6.71. The third-order valence-electron chi connectivity index (χ3n) is 4.21. The van der Waals surface area contributed by atoms with Gasteiger partial charge in [-0.1, -0.05) is 20.8 Å². The average Bonchev–Trinajstić information content (AvgIpc) is 3.05. The smallest absolute Gasteiger partial charge is 0.0972 e. The predicted octanol–water partition coefficient (Wildman–Crippen LogP) is 2.39. The number of ether oxygens (including phenoxy) is 2. The van der Waals surface area contributed by atoms with Crippen LogP contribution in [-0.4, -0.2) is 51.0 Å². The van der Waals surface area contributed by atoms with E-state index in [1.807, 2.05) is 11.3 Å². The lowest BCUT2D eigenvalue weighted by Crippen LogP contribution is -2.32. The molecule has 0 aromatic carbocycles. The molecule has 1 aromatic rings. The zero-order chi connectivity index (χ0) is 15.6. The molecule has 2 N–H and O–H groups in total. The van der Waals surface area contributed by atoms with Crippen LogP contribution in [0.4, 0.5) is 0 Å². The standard InChI is InChI=1S/C16H28N2O2S/c1-16(2,3)15-7-6-14(21-15)11(8-17)18-9-12(19-4)13(10-18)20-5/h6-7,11-13H,8-10,17H2,1-5H3. The molecular weight excluding hydrogens is 284 g/mol. The van der Waals surface area contributed by atoms with Crippen molar-refractivity contribution in [3.05, 3.63) is 21.9 Å². The van der Waals surface area contributed by atoms with Gasteiger partial charge < -0.3 is 15.2 Å². The van der Waals surface area contributed by atoms with Crippen LogP contribution in [0.2, 0.25) is 0 Å². The molecule has 4 nitrogen and oxygen atoms in total. The first kappa shape index (κ1) is 16.9. The van der Waals surface area contributed by atoms with Crippen molar-refractivity contribution < 1.29 is 9.47 Å². The van der Waals surface area contributed by atoms with Crippen LogP contribution in [0.1, 0.15) is 36.6 Å². The monoisotopic (exact) mass is 312 g/mol. The van der Waals surface area contributed by atoms with Crippen molar-refractivity contribution in [1.29, 1.82) is 0 Å². The predicted molar refractivity (Wildman–Crippen MR) is 88.0 cm³/mol. The molecule has 1 aliphatic heterocycles. The van der Waals surface area contributed by atoms with Gasteiger partial charge in [-0.15, -0.1) is 11.3 Å². The lowest BCUT2D eigenvalue weighted by atomic mass is 9.95. The molecule has 3 atom stereocenters. The summed E-state index contributed by atoms with van der Waals surface area (Å²) in [6.45, 7) is 9.11. The molecule has 1 saturated heterocycles. The van der Waals surface area contributed by atoms with Gasteiger partial charge >= 0.3 is 0 Å². The van der Waals surface area contributed by atoms with Crippen molar-refractivity contribution in [2.75, 3.05) is 33.9 Å². The van der Waals surface area contributed by atoms with Crippen molar-refractivity contribution in [1.82, 2.24) is 4.90 Å². The highest BCUT2D eigenvalue weighted by molar-refractivity contribution is 7.12. The molecule has 0 radical (unpaired) electrons. The molecule has 0 spiro atoms. The third kappa shape index (κ3) is 3.66. The Morgan fingerprint density at radius 3 is 2.19 bits per heavy atom. The lowest BCUT2D eigenvalue weighted by molar-refractivity contribution is -0.00461. The van der Waals surface area contributed by atoms with E-state index >= 15 is 0 Å². The van der Waals surface area contributed by atoms with Gasteiger partial charge in [0, 0.05) is 43.6 Å². The number of rotatable bonds is 5.